The van der Waals surface area contributed by atoms with Crippen LogP contribution in [-0.2, 0) is 10.0 Å². The summed E-state index contributed by atoms with van der Waals surface area (Å²) in [5.41, 5.74) is 0.296. The lowest BCUT2D eigenvalue weighted by Gasteiger charge is -2.22. The highest BCUT2D eigenvalue weighted by molar-refractivity contribution is 7.89. The molecular weight excluding hydrogens is 292 g/mol. The van der Waals surface area contributed by atoms with Gasteiger partial charge in [-0.1, -0.05) is 12.5 Å². The van der Waals surface area contributed by atoms with Gasteiger partial charge in [0.15, 0.2) is 0 Å². The lowest BCUT2D eigenvalue weighted by molar-refractivity contribution is -0.385. The molecule has 0 radical (unpaired) electrons. The van der Waals surface area contributed by atoms with Gasteiger partial charge in [-0.05, 0) is 44.1 Å². The minimum Gasteiger partial charge on any atom is -0.258 e. The van der Waals surface area contributed by atoms with Crippen molar-refractivity contribution in [2.45, 2.75) is 43.5 Å². The molecule has 0 aromatic heterocycles. The molecule has 1 aromatic carbocycles. The Kier molecular flexibility index (Phi) is 3.49. The molecule has 3 unspecified atom stereocenters. The van der Waals surface area contributed by atoms with Crippen LogP contribution in [0.5, 0.6) is 0 Å². The van der Waals surface area contributed by atoms with Gasteiger partial charge in [-0.2, -0.15) is 0 Å². The zero-order valence-electron chi connectivity index (χ0n) is 11.8. The molecule has 3 rings (SSSR count). The number of sulfonamides is 1. The van der Waals surface area contributed by atoms with E-state index in [4.69, 9.17) is 0 Å². The molecule has 3 atom stereocenters. The Bertz CT molecular complexity index is 686. The normalized spacial score (nSPS) is 28.0. The fourth-order valence-electron chi connectivity index (χ4n) is 3.61. The zero-order valence-corrected chi connectivity index (χ0v) is 12.6. The van der Waals surface area contributed by atoms with E-state index in [0.29, 0.717) is 17.4 Å². The number of hydrogen-bond donors (Lipinski definition) is 1. The van der Waals surface area contributed by atoms with Crippen LogP contribution in [0.25, 0.3) is 0 Å². The van der Waals surface area contributed by atoms with E-state index >= 15 is 0 Å². The second-order valence-corrected chi connectivity index (χ2v) is 7.82. The second-order valence-electron chi connectivity index (χ2n) is 6.11. The van der Waals surface area contributed by atoms with Crippen LogP contribution in [0, 0.1) is 28.9 Å². The number of hydrogen-bond acceptors (Lipinski definition) is 4. The molecule has 0 aliphatic heterocycles. The Hall–Kier alpha value is -1.47. The molecule has 7 heteroatoms. The first-order chi connectivity index (χ1) is 9.87. The van der Waals surface area contributed by atoms with Gasteiger partial charge in [0.2, 0.25) is 10.0 Å². The van der Waals surface area contributed by atoms with Gasteiger partial charge in [0.05, 0.1) is 9.82 Å². The molecule has 21 heavy (non-hydrogen) atoms. The van der Waals surface area contributed by atoms with Gasteiger partial charge >= 0.3 is 0 Å². The van der Waals surface area contributed by atoms with Crippen molar-refractivity contribution in [2.24, 2.45) is 11.8 Å². The van der Waals surface area contributed by atoms with Gasteiger partial charge in [-0.3, -0.25) is 10.1 Å². The standard InChI is InChI=1S/C14H18N2O4S/c1-9-2-5-12(8-14(9)16(17)18)21(19,20)15-13-7-10-3-4-11(13)6-10/h2,5,8,10-11,13,15H,3-4,6-7H2,1H3. The highest BCUT2D eigenvalue weighted by Gasteiger charge is 2.41. The highest BCUT2D eigenvalue weighted by Crippen LogP contribution is 2.44. The maximum absolute atomic E-state index is 12.4. The molecule has 6 nitrogen and oxygen atoms in total. The third kappa shape index (κ3) is 2.67. The van der Waals surface area contributed by atoms with Crippen molar-refractivity contribution >= 4 is 15.7 Å². The molecule has 2 saturated carbocycles. The smallest absolute Gasteiger partial charge is 0.258 e. The van der Waals surface area contributed by atoms with Crippen LogP contribution in [0.3, 0.4) is 0 Å². The van der Waals surface area contributed by atoms with Gasteiger partial charge < -0.3 is 0 Å². The summed E-state index contributed by atoms with van der Waals surface area (Å²) >= 11 is 0. The highest BCUT2D eigenvalue weighted by atomic mass is 32.2. The molecule has 2 fully saturated rings. The van der Waals surface area contributed by atoms with Crippen LogP contribution in [0.15, 0.2) is 23.1 Å². The Morgan fingerprint density at radius 1 is 1.29 bits per heavy atom. The predicted octanol–water partition coefficient (Wildman–Crippen LogP) is 2.37. The Morgan fingerprint density at radius 3 is 2.62 bits per heavy atom. The Balaban J connectivity index is 1.85. The molecule has 0 saturated heterocycles. The molecular formula is C14H18N2O4S. The molecule has 0 amide bonds. The summed E-state index contributed by atoms with van der Waals surface area (Å²) in [5, 5.41) is 10.9. The average Bonchev–Trinajstić information content (AvgIpc) is 3.00. The van der Waals surface area contributed by atoms with Gasteiger partial charge in [0.1, 0.15) is 0 Å². The van der Waals surface area contributed by atoms with Crippen LogP contribution in [0.4, 0.5) is 5.69 Å². The van der Waals surface area contributed by atoms with E-state index in [9.17, 15) is 18.5 Å². The first-order valence-electron chi connectivity index (χ1n) is 7.14. The summed E-state index contributed by atoms with van der Waals surface area (Å²) in [6.07, 6.45) is 4.25. The molecule has 2 aliphatic carbocycles. The number of fused-ring (bicyclic) bond motifs is 2. The van der Waals surface area contributed by atoms with Crippen LogP contribution in [0.2, 0.25) is 0 Å². The second kappa shape index (κ2) is 5.06. The summed E-state index contributed by atoms with van der Waals surface area (Å²) in [5.74, 6) is 1.06. The fraction of sp³-hybridized carbons (Fsp3) is 0.571. The Morgan fingerprint density at radius 2 is 2.05 bits per heavy atom. The first kappa shape index (κ1) is 14.5. The maximum Gasteiger partial charge on any atom is 0.273 e. The summed E-state index contributed by atoms with van der Waals surface area (Å²) in [6, 6.07) is 4.03. The summed E-state index contributed by atoms with van der Waals surface area (Å²) in [4.78, 5) is 10.4. The first-order valence-corrected chi connectivity index (χ1v) is 8.62. The molecule has 2 aliphatic rings. The third-order valence-electron chi connectivity index (χ3n) is 4.73. The number of nitrogens with one attached hydrogen (secondary N) is 1. The van der Waals surface area contributed by atoms with Crippen molar-refractivity contribution in [3.63, 3.8) is 0 Å². The van der Waals surface area contributed by atoms with E-state index < -0.39 is 14.9 Å². The molecule has 114 valence electrons. The van der Waals surface area contributed by atoms with Crippen LogP contribution >= 0.6 is 0 Å². The lowest BCUT2D eigenvalue weighted by Crippen LogP contribution is -2.38. The third-order valence-corrected chi connectivity index (χ3v) is 6.22. The number of benzene rings is 1. The topological polar surface area (TPSA) is 89.3 Å². The number of nitrogens with zero attached hydrogens (tertiary/aromatic N) is 1. The monoisotopic (exact) mass is 310 g/mol. The van der Waals surface area contributed by atoms with Crippen LogP contribution in [0.1, 0.15) is 31.2 Å². The number of aryl methyl sites for hydroxylation is 1. The SMILES string of the molecule is Cc1ccc(S(=O)(=O)NC2CC3CCC2C3)cc1[N+](=O)[O-]. The summed E-state index contributed by atoms with van der Waals surface area (Å²) in [6.45, 7) is 1.60. The van der Waals surface area contributed by atoms with Gasteiger partial charge in [-0.15, -0.1) is 0 Å². The van der Waals surface area contributed by atoms with E-state index in [0.717, 1.165) is 25.3 Å². The summed E-state index contributed by atoms with van der Waals surface area (Å²) < 4.78 is 27.6. The van der Waals surface area contributed by atoms with Crippen molar-refractivity contribution < 1.29 is 13.3 Å². The maximum atomic E-state index is 12.4. The van der Waals surface area contributed by atoms with E-state index in [-0.39, 0.29) is 16.6 Å². The van der Waals surface area contributed by atoms with E-state index in [1.54, 1.807) is 6.92 Å². The van der Waals surface area contributed by atoms with Crippen molar-refractivity contribution in [1.82, 2.24) is 4.72 Å². The number of nitro groups is 1. The summed E-state index contributed by atoms with van der Waals surface area (Å²) in [7, 11) is -3.69. The fourth-order valence-corrected chi connectivity index (χ4v) is 4.95. The largest absolute Gasteiger partial charge is 0.273 e. The van der Waals surface area contributed by atoms with Gasteiger partial charge in [-0.25, -0.2) is 13.1 Å². The van der Waals surface area contributed by atoms with E-state index in [1.165, 1.54) is 18.6 Å². The molecule has 0 heterocycles. The van der Waals surface area contributed by atoms with Crippen LogP contribution < -0.4 is 4.72 Å². The molecule has 0 spiro atoms. The van der Waals surface area contributed by atoms with E-state index in [2.05, 4.69) is 4.72 Å². The molecule has 2 bridgehead atoms. The van der Waals surface area contributed by atoms with Crippen molar-refractivity contribution in [3.8, 4) is 0 Å². The molecule has 1 N–H and O–H groups in total. The quantitative estimate of drug-likeness (QED) is 0.683. The van der Waals surface area contributed by atoms with E-state index in [1.807, 2.05) is 0 Å². The van der Waals surface area contributed by atoms with Gasteiger partial charge in [0, 0.05) is 17.7 Å². The molecule has 1 aromatic rings. The minimum absolute atomic E-state index is 0.0193. The van der Waals surface area contributed by atoms with Gasteiger partial charge in [0.25, 0.3) is 5.69 Å². The Labute approximate surface area is 123 Å². The minimum atomic E-state index is -3.69. The number of nitro benzene ring substituents is 1. The van der Waals surface area contributed by atoms with Crippen molar-refractivity contribution in [1.29, 1.82) is 0 Å². The van der Waals surface area contributed by atoms with Crippen molar-refractivity contribution in [3.05, 3.63) is 33.9 Å². The number of rotatable bonds is 4. The van der Waals surface area contributed by atoms with Crippen LogP contribution in [-0.4, -0.2) is 19.4 Å². The predicted molar refractivity (Wildman–Crippen MR) is 77.4 cm³/mol. The zero-order chi connectivity index (χ0) is 15.2. The lowest BCUT2D eigenvalue weighted by atomic mass is 9.96. The average molecular weight is 310 g/mol. The van der Waals surface area contributed by atoms with Crippen molar-refractivity contribution in [2.75, 3.05) is 0 Å².